The third-order valence-corrected chi connectivity index (χ3v) is 8.24. The van der Waals surface area contributed by atoms with Crippen molar-refractivity contribution in [3.63, 3.8) is 0 Å². The number of esters is 1. The molecular weight excluding hydrogens is 430 g/mol. The zero-order valence-corrected chi connectivity index (χ0v) is 19.6. The maximum atomic E-state index is 13.2. The van der Waals surface area contributed by atoms with E-state index in [1.165, 1.54) is 9.87 Å². The zero-order chi connectivity index (χ0) is 22.7. The quantitative estimate of drug-likeness (QED) is 0.580. The van der Waals surface area contributed by atoms with Gasteiger partial charge in [0.15, 0.2) is 11.9 Å². The van der Waals surface area contributed by atoms with Gasteiger partial charge in [-0.1, -0.05) is 18.1 Å². The van der Waals surface area contributed by atoms with Crippen LogP contribution in [0.25, 0.3) is 0 Å². The van der Waals surface area contributed by atoms with Gasteiger partial charge in [0, 0.05) is 19.5 Å². The van der Waals surface area contributed by atoms with E-state index in [-0.39, 0.29) is 17.8 Å². The lowest BCUT2D eigenvalue weighted by Crippen LogP contribution is -2.40. The topological polar surface area (TPSA) is 103 Å². The van der Waals surface area contributed by atoms with Gasteiger partial charge < -0.3 is 9.26 Å². The Morgan fingerprint density at radius 3 is 2.66 bits per heavy atom. The average molecular weight is 462 g/mol. The minimum atomic E-state index is -3.57. The molecule has 0 amide bonds. The van der Waals surface area contributed by atoms with Crippen LogP contribution in [0.3, 0.4) is 0 Å². The molecule has 32 heavy (non-hydrogen) atoms. The van der Waals surface area contributed by atoms with Crippen LogP contribution >= 0.6 is 0 Å². The van der Waals surface area contributed by atoms with Gasteiger partial charge in [0.1, 0.15) is 0 Å². The summed E-state index contributed by atoms with van der Waals surface area (Å²) in [6, 6.07) is 5.51. The molecule has 4 rings (SSSR count). The number of fused-ring (bicyclic) bond motifs is 1. The average Bonchev–Trinajstić information content (AvgIpc) is 3.28. The predicted molar refractivity (Wildman–Crippen MR) is 117 cm³/mol. The normalized spacial score (nSPS) is 18.8. The second kappa shape index (κ2) is 9.70. The van der Waals surface area contributed by atoms with Crippen LogP contribution in [0, 0.1) is 5.92 Å². The molecule has 0 spiro atoms. The summed E-state index contributed by atoms with van der Waals surface area (Å²) >= 11 is 0. The van der Waals surface area contributed by atoms with Crippen LogP contribution in [0.4, 0.5) is 0 Å². The Labute approximate surface area is 189 Å². The number of sulfonamides is 1. The highest BCUT2D eigenvalue weighted by molar-refractivity contribution is 7.89. The SMILES string of the molecule is CCCc1noc(C(C)OC(=O)C2CCN(S(=O)(=O)c3ccc4c(c3)CCCC4)CC2)n1. The highest BCUT2D eigenvalue weighted by Crippen LogP contribution is 2.29. The van der Waals surface area contributed by atoms with E-state index in [1.807, 2.05) is 19.1 Å². The molecule has 1 aromatic carbocycles. The minimum absolute atomic E-state index is 0.286. The van der Waals surface area contributed by atoms with Crippen molar-refractivity contribution < 1.29 is 22.5 Å². The molecule has 8 nitrogen and oxygen atoms in total. The Balaban J connectivity index is 1.34. The molecule has 1 aliphatic carbocycles. The maximum absolute atomic E-state index is 13.2. The largest absolute Gasteiger partial charge is 0.452 e. The van der Waals surface area contributed by atoms with Crippen molar-refractivity contribution in [2.24, 2.45) is 5.92 Å². The van der Waals surface area contributed by atoms with Gasteiger partial charge in [-0.15, -0.1) is 0 Å². The molecule has 1 aromatic heterocycles. The smallest absolute Gasteiger partial charge is 0.309 e. The van der Waals surface area contributed by atoms with E-state index >= 15 is 0 Å². The second-order valence-corrected chi connectivity index (χ2v) is 10.6. The Morgan fingerprint density at radius 2 is 1.94 bits per heavy atom. The van der Waals surface area contributed by atoms with E-state index in [0.717, 1.165) is 37.7 Å². The summed E-state index contributed by atoms with van der Waals surface area (Å²) in [4.78, 5) is 17.2. The molecule has 0 N–H and O–H groups in total. The molecule has 0 bridgehead atoms. The van der Waals surface area contributed by atoms with Gasteiger partial charge in [-0.25, -0.2) is 8.42 Å². The molecule has 1 atom stereocenters. The van der Waals surface area contributed by atoms with Crippen molar-refractivity contribution in [2.45, 2.75) is 76.2 Å². The highest BCUT2D eigenvalue weighted by atomic mass is 32.2. The van der Waals surface area contributed by atoms with Crippen LogP contribution in [-0.2, 0) is 38.8 Å². The molecule has 2 heterocycles. The zero-order valence-electron chi connectivity index (χ0n) is 18.7. The van der Waals surface area contributed by atoms with E-state index in [2.05, 4.69) is 10.1 Å². The summed E-state index contributed by atoms with van der Waals surface area (Å²) < 4.78 is 38.5. The lowest BCUT2D eigenvalue weighted by Gasteiger charge is -2.30. The number of aryl methyl sites for hydroxylation is 3. The number of hydrogen-bond acceptors (Lipinski definition) is 7. The highest BCUT2D eigenvalue weighted by Gasteiger charge is 2.34. The predicted octanol–water partition coefficient (Wildman–Crippen LogP) is 3.61. The molecule has 0 radical (unpaired) electrons. The number of nitrogens with zero attached hydrogens (tertiary/aromatic N) is 3. The van der Waals surface area contributed by atoms with E-state index in [4.69, 9.17) is 9.26 Å². The second-order valence-electron chi connectivity index (χ2n) is 8.69. The number of ether oxygens (including phenoxy) is 1. The van der Waals surface area contributed by atoms with Crippen LogP contribution in [0.5, 0.6) is 0 Å². The fourth-order valence-corrected chi connectivity index (χ4v) is 5.95. The Morgan fingerprint density at radius 1 is 1.22 bits per heavy atom. The molecule has 1 unspecified atom stereocenters. The standard InChI is InChI=1S/C23H31N3O5S/c1-3-6-21-24-22(31-25-21)16(2)30-23(27)18-11-13-26(14-12-18)32(28,29)20-10-9-17-7-4-5-8-19(17)15-20/h9-10,15-16,18H,3-8,11-14H2,1-2H3. The fraction of sp³-hybridized carbons (Fsp3) is 0.609. The summed E-state index contributed by atoms with van der Waals surface area (Å²) in [6.45, 7) is 4.33. The number of rotatable bonds is 7. The van der Waals surface area contributed by atoms with Crippen molar-refractivity contribution in [2.75, 3.05) is 13.1 Å². The van der Waals surface area contributed by atoms with Gasteiger partial charge in [0.2, 0.25) is 10.0 Å². The lowest BCUT2D eigenvalue weighted by molar-refractivity contribution is -0.156. The van der Waals surface area contributed by atoms with Crippen LogP contribution < -0.4 is 0 Å². The molecule has 174 valence electrons. The number of piperidine rings is 1. The first-order chi connectivity index (χ1) is 15.4. The van der Waals surface area contributed by atoms with Gasteiger partial charge in [0.05, 0.1) is 10.8 Å². The summed E-state index contributed by atoms with van der Waals surface area (Å²) in [5, 5.41) is 3.89. The Hall–Kier alpha value is -2.26. The monoisotopic (exact) mass is 461 g/mol. The van der Waals surface area contributed by atoms with Crippen molar-refractivity contribution >= 4 is 16.0 Å². The molecule has 2 aromatic rings. The van der Waals surface area contributed by atoms with E-state index in [1.54, 1.807) is 13.0 Å². The fourth-order valence-electron chi connectivity index (χ4n) is 4.43. The third kappa shape index (κ3) is 4.88. The summed E-state index contributed by atoms with van der Waals surface area (Å²) in [5.74, 6) is 0.198. The van der Waals surface area contributed by atoms with Gasteiger partial charge in [-0.05, 0) is 75.1 Å². The van der Waals surface area contributed by atoms with E-state index in [0.29, 0.717) is 43.1 Å². The number of aromatic nitrogens is 2. The van der Waals surface area contributed by atoms with Crippen molar-refractivity contribution in [1.29, 1.82) is 0 Å². The Kier molecular flexibility index (Phi) is 6.95. The van der Waals surface area contributed by atoms with Crippen molar-refractivity contribution in [3.8, 4) is 0 Å². The van der Waals surface area contributed by atoms with E-state index < -0.39 is 16.1 Å². The molecule has 2 aliphatic rings. The summed E-state index contributed by atoms with van der Waals surface area (Å²) in [5.41, 5.74) is 2.40. The van der Waals surface area contributed by atoms with Gasteiger partial charge >= 0.3 is 5.97 Å². The van der Waals surface area contributed by atoms with Crippen LogP contribution in [-0.4, -0.2) is 41.9 Å². The van der Waals surface area contributed by atoms with Crippen LogP contribution in [0.15, 0.2) is 27.6 Å². The van der Waals surface area contributed by atoms with Gasteiger partial charge in [-0.2, -0.15) is 9.29 Å². The molecular formula is C23H31N3O5S. The molecule has 1 saturated heterocycles. The summed E-state index contributed by atoms with van der Waals surface area (Å²) in [7, 11) is -3.57. The van der Waals surface area contributed by atoms with Gasteiger partial charge in [-0.3, -0.25) is 4.79 Å². The van der Waals surface area contributed by atoms with Crippen molar-refractivity contribution in [1.82, 2.24) is 14.4 Å². The molecule has 1 fully saturated rings. The molecule has 1 aliphatic heterocycles. The number of carbonyl (C=O) groups excluding carboxylic acids is 1. The van der Waals surface area contributed by atoms with Gasteiger partial charge in [0.25, 0.3) is 5.89 Å². The number of hydrogen-bond donors (Lipinski definition) is 0. The third-order valence-electron chi connectivity index (χ3n) is 6.34. The maximum Gasteiger partial charge on any atom is 0.309 e. The first-order valence-electron chi connectivity index (χ1n) is 11.5. The molecule has 9 heteroatoms. The lowest BCUT2D eigenvalue weighted by atomic mass is 9.92. The first-order valence-corrected chi connectivity index (χ1v) is 13.0. The van der Waals surface area contributed by atoms with Crippen molar-refractivity contribution in [3.05, 3.63) is 41.0 Å². The first kappa shape index (κ1) is 22.9. The number of benzene rings is 1. The minimum Gasteiger partial charge on any atom is -0.452 e. The Bertz CT molecular complexity index is 1060. The molecule has 0 saturated carbocycles. The van der Waals surface area contributed by atoms with E-state index in [9.17, 15) is 13.2 Å². The summed E-state index contributed by atoms with van der Waals surface area (Å²) in [6.07, 6.45) is 6.07. The number of carbonyl (C=O) groups is 1. The van der Waals surface area contributed by atoms with Crippen LogP contribution in [0.1, 0.15) is 74.9 Å². The van der Waals surface area contributed by atoms with Crippen LogP contribution in [0.2, 0.25) is 0 Å².